The van der Waals surface area contributed by atoms with Crippen LogP contribution in [0.25, 0.3) is 5.65 Å². The third-order valence-electron chi connectivity index (χ3n) is 3.51. The maximum atomic E-state index is 5.95. The molecule has 0 aromatic carbocycles. The Morgan fingerprint density at radius 1 is 1.11 bits per heavy atom. The fourth-order valence-electron chi connectivity index (χ4n) is 2.52. The van der Waals surface area contributed by atoms with Gasteiger partial charge in [-0.1, -0.05) is 24.4 Å². The molecule has 1 aliphatic heterocycles. The van der Waals surface area contributed by atoms with Crippen LogP contribution < -0.4 is 0 Å². The second kappa shape index (κ2) is 5.24. The van der Waals surface area contributed by atoms with Gasteiger partial charge in [0.05, 0.1) is 6.54 Å². The lowest BCUT2D eigenvalue weighted by atomic mass is 10.2. The van der Waals surface area contributed by atoms with E-state index in [9.17, 15) is 0 Å². The first-order chi connectivity index (χ1) is 8.83. The molecule has 1 aliphatic rings. The van der Waals surface area contributed by atoms with Crippen LogP contribution >= 0.6 is 11.6 Å². The van der Waals surface area contributed by atoms with Gasteiger partial charge in [-0.15, -0.1) is 10.2 Å². The predicted molar refractivity (Wildman–Crippen MR) is 71.7 cm³/mol. The summed E-state index contributed by atoms with van der Waals surface area (Å²) in [4.78, 5) is 2.47. The number of hydrogen-bond acceptors (Lipinski definition) is 3. The van der Waals surface area contributed by atoms with E-state index in [1.165, 1.54) is 38.8 Å². The van der Waals surface area contributed by atoms with Gasteiger partial charge in [0.25, 0.3) is 0 Å². The molecule has 2 aromatic heterocycles. The number of aromatic nitrogens is 3. The summed E-state index contributed by atoms with van der Waals surface area (Å²) < 4.78 is 2.02. The molecule has 0 N–H and O–H groups in total. The average Bonchev–Trinajstić information content (AvgIpc) is 2.59. The van der Waals surface area contributed by atoms with Crippen LogP contribution in [0.2, 0.25) is 5.02 Å². The third-order valence-corrected chi connectivity index (χ3v) is 3.74. The Morgan fingerprint density at radius 2 is 1.89 bits per heavy atom. The molecule has 2 aromatic rings. The van der Waals surface area contributed by atoms with Gasteiger partial charge in [-0.3, -0.25) is 9.30 Å². The van der Waals surface area contributed by atoms with Gasteiger partial charge in [-0.2, -0.15) is 0 Å². The highest BCUT2D eigenvalue weighted by Gasteiger charge is 2.13. The van der Waals surface area contributed by atoms with Crippen molar-refractivity contribution in [2.75, 3.05) is 13.1 Å². The lowest BCUT2D eigenvalue weighted by Gasteiger charge is -2.18. The Bertz CT molecular complexity index is 529. The molecular weight excluding hydrogens is 248 g/mol. The first kappa shape index (κ1) is 11.9. The molecule has 3 heterocycles. The SMILES string of the molecule is Clc1ccn2c(CN3CCCCCC3)nnc2c1. The van der Waals surface area contributed by atoms with Crippen LogP contribution in [0.3, 0.4) is 0 Å². The van der Waals surface area contributed by atoms with Crippen molar-refractivity contribution in [1.29, 1.82) is 0 Å². The summed E-state index contributed by atoms with van der Waals surface area (Å²) in [5.41, 5.74) is 0.826. The zero-order valence-corrected chi connectivity index (χ0v) is 11.1. The van der Waals surface area contributed by atoms with E-state index < -0.39 is 0 Å². The van der Waals surface area contributed by atoms with Crippen LogP contribution in [0.1, 0.15) is 31.5 Å². The molecule has 96 valence electrons. The minimum absolute atomic E-state index is 0.705. The summed E-state index contributed by atoms with van der Waals surface area (Å²) in [6, 6.07) is 3.73. The van der Waals surface area contributed by atoms with E-state index in [4.69, 9.17) is 11.6 Å². The van der Waals surface area contributed by atoms with Crippen molar-refractivity contribution in [1.82, 2.24) is 19.5 Å². The molecule has 18 heavy (non-hydrogen) atoms. The van der Waals surface area contributed by atoms with Gasteiger partial charge < -0.3 is 0 Å². The van der Waals surface area contributed by atoms with E-state index in [0.717, 1.165) is 18.0 Å². The van der Waals surface area contributed by atoms with Crippen LogP contribution in [0.15, 0.2) is 18.3 Å². The summed E-state index contributed by atoms with van der Waals surface area (Å²) >= 11 is 5.95. The van der Waals surface area contributed by atoms with Crippen LogP contribution in [0.4, 0.5) is 0 Å². The number of halogens is 1. The van der Waals surface area contributed by atoms with Gasteiger partial charge in [-0.05, 0) is 32.0 Å². The summed E-state index contributed by atoms with van der Waals surface area (Å²) in [6.07, 6.45) is 7.25. The summed E-state index contributed by atoms with van der Waals surface area (Å²) in [7, 11) is 0. The fourth-order valence-corrected chi connectivity index (χ4v) is 2.67. The average molecular weight is 265 g/mol. The fraction of sp³-hybridized carbons (Fsp3) is 0.538. The Hall–Kier alpha value is -1.13. The van der Waals surface area contributed by atoms with Crippen LogP contribution in [-0.4, -0.2) is 32.6 Å². The number of nitrogens with zero attached hydrogens (tertiary/aromatic N) is 4. The molecule has 0 aliphatic carbocycles. The first-order valence-corrected chi connectivity index (χ1v) is 6.92. The maximum Gasteiger partial charge on any atom is 0.162 e. The van der Waals surface area contributed by atoms with Crippen molar-refractivity contribution in [2.24, 2.45) is 0 Å². The van der Waals surface area contributed by atoms with E-state index in [0.29, 0.717) is 5.02 Å². The number of pyridine rings is 1. The Balaban J connectivity index is 1.81. The van der Waals surface area contributed by atoms with Gasteiger partial charge in [0, 0.05) is 17.3 Å². The van der Waals surface area contributed by atoms with Crippen LogP contribution in [0, 0.1) is 0 Å². The van der Waals surface area contributed by atoms with Gasteiger partial charge in [0.15, 0.2) is 11.5 Å². The second-order valence-corrected chi connectivity index (χ2v) is 5.32. The van der Waals surface area contributed by atoms with Crippen molar-refractivity contribution in [3.05, 3.63) is 29.2 Å². The van der Waals surface area contributed by atoms with Crippen molar-refractivity contribution in [2.45, 2.75) is 32.2 Å². The van der Waals surface area contributed by atoms with Gasteiger partial charge in [-0.25, -0.2) is 0 Å². The van der Waals surface area contributed by atoms with E-state index >= 15 is 0 Å². The molecular formula is C13H17ClN4. The summed E-state index contributed by atoms with van der Waals surface area (Å²) in [6.45, 7) is 3.22. The molecule has 1 fully saturated rings. The van der Waals surface area contributed by atoms with Crippen molar-refractivity contribution in [3.8, 4) is 0 Å². The number of fused-ring (bicyclic) bond motifs is 1. The zero-order chi connectivity index (χ0) is 12.4. The highest BCUT2D eigenvalue weighted by molar-refractivity contribution is 6.30. The monoisotopic (exact) mass is 264 g/mol. The Labute approximate surface area is 112 Å². The molecule has 1 saturated heterocycles. The van der Waals surface area contributed by atoms with Crippen molar-refractivity contribution in [3.63, 3.8) is 0 Å². The molecule has 0 spiro atoms. The predicted octanol–water partition coefficient (Wildman–Crippen LogP) is 2.76. The standard InChI is InChI=1S/C13H17ClN4/c14-11-5-8-18-12(9-11)15-16-13(18)10-17-6-3-1-2-4-7-17/h5,8-9H,1-4,6-7,10H2. The Kier molecular flexibility index (Phi) is 3.48. The molecule has 0 unspecified atom stereocenters. The topological polar surface area (TPSA) is 33.4 Å². The van der Waals surface area contributed by atoms with E-state index in [-0.39, 0.29) is 0 Å². The van der Waals surface area contributed by atoms with Gasteiger partial charge in [0.1, 0.15) is 0 Å². The summed E-state index contributed by atoms with van der Waals surface area (Å²) in [5, 5.41) is 9.15. The second-order valence-electron chi connectivity index (χ2n) is 4.88. The van der Waals surface area contributed by atoms with E-state index in [2.05, 4.69) is 15.1 Å². The first-order valence-electron chi connectivity index (χ1n) is 6.54. The van der Waals surface area contributed by atoms with Crippen LogP contribution in [-0.2, 0) is 6.54 Å². The smallest absolute Gasteiger partial charge is 0.162 e. The highest BCUT2D eigenvalue weighted by atomic mass is 35.5. The van der Waals surface area contributed by atoms with E-state index in [1.54, 1.807) is 0 Å². The molecule has 0 amide bonds. The molecule has 0 atom stereocenters. The van der Waals surface area contributed by atoms with Crippen molar-refractivity contribution < 1.29 is 0 Å². The maximum absolute atomic E-state index is 5.95. The molecule has 0 radical (unpaired) electrons. The molecule has 5 heteroatoms. The highest BCUT2D eigenvalue weighted by Crippen LogP contribution is 2.15. The number of likely N-dealkylation sites (tertiary alicyclic amines) is 1. The van der Waals surface area contributed by atoms with Crippen molar-refractivity contribution >= 4 is 17.2 Å². The number of rotatable bonds is 2. The largest absolute Gasteiger partial charge is 0.296 e. The molecule has 0 bridgehead atoms. The number of hydrogen-bond donors (Lipinski definition) is 0. The minimum atomic E-state index is 0.705. The van der Waals surface area contributed by atoms with Crippen LogP contribution in [0.5, 0.6) is 0 Å². The molecule has 4 nitrogen and oxygen atoms in total. The third kappa shape index (κ3) is 2.49. The van der Waals surface area contributed by atoms with Gasteiger partial charge >= 0.3 is 0 Å². The molecule has 0 saturated carbocycles. The zero-order valence-electron chi connectivity index (χ0n) is 10.3. The molecule has 3 rings (SSSR count). The quantitative estimate of drug-likeness (QED) is 0.836. The minimum Gasteiger partial charge on any atom is -0.296 e. The lowest BCUT2D eigenvalue weighted by molar-refractivity contribution is 0.269. The van der Waals surface area contributed by atoms with E-state index in [1.807, 2.05) is 22.7 Å². The summed E-state index contributed by atoms with van der Waals surface area (Å²) in [5.74, 6) is 1.00. The normalized spacial score (nSPS) is 18.1. The lowest BCUT2D eigenvalue weighted by Crippen LogP contribution is -2.25. The van der Waals surface area contributed by atoms with Gasteiger partial charge in [0.2, 0.25) is 0 Å². The Morgan fingerprint density at radius 3 is 2.67 bits per heavy atom.